The summed E-state index contributed by atoms with van der Waals surface area (Å²) in [5, 5.41) is 9.04. The molecule has 1 saturated carbocycles. The Labute approximate surface area is 99.5 Å². The number of rotatable bonds is 1. The van der Waals surface area contributed by atoms with Gasteiger partial charge in [-0.25, -0.2) is 0 Å². The van der Waals surface area contributed by atoms with Gasteiger partial charge in [0.15, 0.2) is 0 Å². The molecule has 2 unspecified atom stereocenters. The predicted octanol–water partition coefficient (Wildman–Crippen LogP) is 4.31. The average molecular weight is 217 g/mol. The Morgan fingerprint density at radius 1 is 1.38 bits per heavy atom. The van der Waals surface area contributed by atoms with Gasteiger partial charge in [0, 0.05) is 6.42 Å². The van der Waals surface area contributed by atoms with E-state index in [0.29, 0.717) is 29.1 Å². The predicted molar refractivity (Wildman–Crippen MR) is 66.7 cm³/mol. The summed E-state index contributed by atoms with van der Waals surface area (Å²) in [5.74, 6) is 1.23. The largest absolute Gasteiger partial charge is 0.198 e. The molecule has 0 heterocycles. The van der Waals surface area contributed by atoms with Gasteiger partial charge in [0.25, 0.3) is 0 Å². The molecular weight excluding hydrogens is 194 g/mol. The van der Waals surface area contributed by atoms with E-state index in [-0.39, 0.29) is 0 Å². The zero-order valence-electron chi connectivity index (χ0n) is 11.0. The number of fused-ring (bicyclic) bond motifs is 2. The Hall–Kier alpha value is -0.770. The molecule has 2 atom stereocenters. The van der Waals surface area contributed by atoms with Gasteiger partial charge in [-0.15, -0.1) is 0 Å². The zero-order valence-corrected chi connectivity index (χ0v) is 11.0. The number of hydrogen-bond acceptors (Lipinski definition) is 1. The van der Waals surface area contributed by atoms with Gasteiger partial charge < -0.3 is 0 Å². The van der Waals surface area contributed by atoms with Crippen LogP contribution in [0.4, 0.5) is 0 Å². The third kappa shape index (κ3) is 1.69. The minimum Gasteiger partial charge on any atom is -0.198 e. The van der Waals surface area contributed by atoms with Gasteiger partial charge in [-0.05, 0) is 41.9 Å². The first kappa shape index (κ1) is 11.7. The fourth-order valence-electron chi connectivity index (χ4n) is 3.91. The summed E-state index contributed by atoms with van der Waals surface area (Å²) in [6, 6.07) is 2.40. The Bertz CT molecular complexity index is 354. The minimum absolute atomic E-state index is 0.323. The van der Waals surface area contributed by atoms with E-state index in [1.54, 1.807) is 5.57 Å². The second-order valence-electron chi connectivity index (χ2n) is 6.85. The highest BCUT2D eigenvalue weighted by molar-refractivity contribution is 5.26. The van der Waals surface area contributed by atoms with Crippen molar-refractivity contribution in [1.29, 1.82) is 5.26 Å². The summed E-state index contributed by atoms with van der Waals surface area (Å²) in [6.45, 7) is 9.48. The Balaban J connectivity index is 2.42. The van der Waals surface area contributed by atoms with E-state index in [1.165, 1.54) is 19.3 Å². The van der Waals surface area contributed by atoms with E-state index in [2.05, 4.69) is 39.8 Å². The lowest BCUT2D eigenvalue weighted by molar-refractivity contribution is 0.153. The summed E-state index contributed by atoms with van der Waals surface area (Å²) in [5.41, 5.74) is 2.29. The summed E-state index contributed by atoms with van der Waals surface area (Å²) < 4.78 is 0. The maximum absolute atomic E-state index is 9.04. The highest BCUT2D eigenvalue weighted by atomic mass is 14.5. The van der Waals surface area contributed by atoms with Crippen LogP contribution < -0.4 is 0 Å². The van der Waals surface area contributed by atoms with Crippen LogP contribution in [-0.4, -0.2) is 0 Å². The van der Waals surface area contributed by atoms with Crippen LogP contribution in [0.5, 0.6) is 0 Å². The fraction of sp³-hybridized carbons (Fsp3) is 0.800. The molecule has 0 aromatic heterocycles. The van der Waals surface area contributed by atoms with Crippen molar-refractivity contribution in [3.63, 3.8) is 0 Å². The molecule has 0 aromatic rings. The van der Waals surface area contributed by atoms with Crippen molar-refractivity contribution in [2.24, 2.45) is 22.7 Å². The molecule has 2 aliphatic carbocycles. The number of nitriles is 1. The van der Waals surface area contributed by atoms with Crippen LogP contribution in [0, 0.1) is 34.0 Å². The molecule has 0 aliphatic heterocycles. The molecule has 0 N–H and O–H groups in total. The Morgan fingerprint density at radius 2 is 2.06 bits per heavy atom. The lowest BCUT2D eigenvalue weighted by Crippen LogP contribution is -2.26. The summed E-state index contributed by atoms with van der Waals surface area (Å²) in [6.07, 6.45) is 6.89. The molecule has 2 bridgehead atoms. The van der Waals surface area contributed by atoms with Gasteiger partial charge in [-0.2, -0.15) is 5.26 Å². The van der Waals surface area contributed by atoms with Gasteiger partial charge in [-0.1, -0.05) is 39.3 Å². The third-order valence-electron chi connectivity index (χ3n) is 4.86. The highest BCUT2D eigenvalue weighted by Crippen LogP contribution is 2.59. The van der Waals surface area contributed by atoms with Gasteiger partial charge in [0.2, 0.25) is 0 Å². The number of hydrogen-bond donors (Lipinski definition) is 0. The molecule has 0 saturated heterocycles. The standard InChI is InChI=1S/C15H23N/c1-14(2)8-5-6-12-11(7-9-16)13(14)10-15(12,3)4/h6,11,13H,5,7-8,10H2,1-4H3. The molecule has 2 aliphatic rings. The van der Waals surface area contributed by atoms with Crippen LogP contribution in [-0.2, 0) is 0 Å². The van der Waals surface area contributed by atoms with Crippen LogP contribution in [0.25, 0.3) is 0 Å². The maximum Gasteiger partial charge on any atom is 0.0628 e. The topological polar surface area (TPSA) is 23.8 Å². The molecule has 1 nitrogen and oxygen atoms in total. The molecule has 1 heteroatoms. The summed E-state index contributed by atoms with van der Waals surface area (Å²) in [4.78, 5) is 0. The molecule has 2 rings (SSSR count). The Morgan fingerprint density at radius 3 is 2.69 bits per heavy atom. The molecule has 0 radical (unpaired) electrons. The van der Waals surface area contributed by atoms with E-state index >= 15 is 0 Å². The van der Waals surface area contributed by atoms with Gasteiger partial charge in [0.05, 0.1) is 6.07 Å². The second kappa shape index (κ2) is 3.62. The highest BCUT2D eigenvalue weighted by Gasteiger charge is 2.49. The van der Waals surface area contributed by atoms with Crippen molar-refractivity contribution in [3.8, 4) is 6.07 Å². The van der Waals surface area contributed by atoms with E-state index < -0.39 is 0 Å². The third-order valence-corrected chi connectivity index (χ3v) is 4.86. The first-order chi connectivity index (χ1) is 7.38. The second-order valence-corrected chi connectivity index (χ2v) is 6.85. The van der Waals surface area contributed by atoms with Crippen molar-refractivity contribution in [2.45, 2.75) is 53.4 Å². The SMILES string of the molecule is CC1(C)CC2C(CC#N)C1=CCCC2(C)C. The van der Waals surface area contributed by atoms with Crippen molar-refractivity contribution in [1.82, 2.24) is 0 Å². The quantitative estimate of drug-likeness (QED) is 0.600. The van der Waals surface area contributed by atoms with Crippen molar-refractivity contribution in [2.75, 3.05) is 0 Å². The van der Waals surface area contributed by atoms with Crippen molar-refractivity contribution >= 4 is 0 Å². The first-order valence-electron chi connectivity index (χ1n) is 6.46. The summed E-state index contributed by atoms with van der Waals surface area (Å²) in [7, 11) is 0. The van der Waals surface area contributed by atoms with E-state index in [4.69, 9.17) is 5.26 Å². The zero-order chi connectivity index (χ0) is 12.0. The molecule has 16 heavy (non-hydrogen) atoms. The van der Waals surface area contributed by atoms with Crippen LogP contribution in [0.3, 0.4) is 0 Å². The van der Waals surface area contributed by atoms with E-state index in [1.807, 2.05) is 0 Å². The molecular formula is C15H23N. The number of nitrogens with zero attached hydrogens (tertiary/aromatic N) is 1. The lowest BCUT2D eigenvalue weighted by atomic mass is 9.70. The van der Waals surface area contributed by atoms with E-state index in [9.17, 15) is 0 Å². The molecule has 88 valence electrons. The lowest BCUT2D eigenvalue weighted by Gasteiger charge is -2.34. The van der Waals surface area contributed by atoms with Crippen molar-refractivity contribution in [3.05, 3.63) is 11.6 Å². The van der Waals surface area contributed by atoms with Gasteiger partial charge in [-0.3, -0.25) is 0 Å². The molecule has 0 spiro atoms. The molecule has 1 fully saturated rings. The van der Waals surface area contributed by atoms with Crippen LogP contribution in [0.1, 0.15) is 53.4 Å². The molecule has 0 amide bonds. The smallest absolute Gasteiger partial charge is 0.0628 e. The monoisotopic (exact) mass is 217 g/mol. The van der Waals surface area contributed by atoms with Crippen LogP contribution >= 0.6 is 0 Å². The first-order valence-corrected chi connectivity index (χ1v) is 6.46. The van der Waals surface area contributed by atoms with Gasteiger partial charge in [0.1, 0.15) is 0 Å². The van der Waals surface area contributed by atoms with E-state index in [0.717, 1.165) is 0 Å². The van der Waals surface area contributed by atoms with Crippen molar-refractivity contribution < 1.29 is 0 Å². The Kier molecular flexibility index (Phi) is 2.65. The fourth-order valence-corrected chi connectivity index (χ4v) is 3.91. The van der Waals surface area contributed by atoms with Crippen LogP contribution in [0.2, 0.25) is 0 Å². The maximum atomic E-state index is 9.04. The number of allylic oxidation sites excluding steroid dienone is 2. The van der Waals surface area contributed by atoms with Crippen LogP contribution in [0.15, 0.2) is 11.6 Å². The average Bonchev–Trinajstić information content (AvgIpc) is 2.34. The normalized spacial score (nSPS) is 35.1. The minimum atomic E-state index is 0.323. The van der Waals surface area contributed by atoms with Gasteiger partial charge >= 0.3 is 0 Å². The molecule has 0 aromatic carbocycles. The summed E-state index contributed by atoms with van der Waals surface area (Å²) >= 11 is 0.